The van der Waals surface area contributed by atoms with Gasteiger partial charge in [-0.3, -0.25) is 0 Å². The van der Waals surface area contributed by atoms with Gasteiger partial charge in [0.2, 0.25) is 0 Å². The van der Waals surface area contributed by atoms with E-state index in [4.69, 9.17) is 9.47 Å². The van der Waals surface area contributed by atoms with E-state index in [1.54, 1.807) is 7.11 Å². The van der Waals surface area contributed by atoms with Gasteiger partial charge in [0.1, 0.15) is 0 Å². The SMILES string of the molecule is C=C1CCN(C(=O)NCc2ccc(OC(C)C)c(OC)c2)CC1. The quantitative estimate of drug-likeness (QED) is 0.847. The Hall–Kier alpha value is -2.17. The summed E-state index contributed by atoms with van der Waals surface area (Å²) in [6.07, 6.45) is 1.87. The predicted molar refractivity (Wildman–Crippen MR) is 90.9 cm³/mol. The summed E-state index contributed by atoms with van der Waals surface area (Å²) in [6.45, 7) is 9.87. The van der Waals surface area contributed by atoms with Crippen molar-refractivity contribution >= 4 is 6.03 Å². The highest BCUT2D eigenvalue weighted by molar-refractivity contribution is 5.74. The molecule has 0 spiro atoms. The van der Waals surface area contributed by atoms with Crippen LogP contribution in [0.15, 0.2) is 30.4 Å². The second-order valence-corrected chi connectivity index (χ2v) is 6.05. The van der Waals surface area contributed by atoms with Gasteiger partial charge in [-0.05, 0) is 44.4 Å². The van der Waals surface area contributed by atoms with E-state index in [9.17, 15) is 4.79 Å². The zero-order chi connectivity index (χ0) is 16.8. The third-order valence-electron chi connectivity index (χ3n) is 3.79. The summed E-state index contributed by atoms with van der Waals surface area (Å²) in [5.74, 6) is 1.40. The number of ether oxygens (including phenoxy) is 2. The summed E-state index contributed by atoms with van der Waals surface area (Å²) in [6, 6.07) is 5.69. The molecule has 23 heavy (non-hydrogen) atoms. The summed E-state index contributed by atoms with van der Waals surface area (Å²) in [5.41, 5.74) is 2.20. The van der Waals surface area contributed by atoms with Gasteiger partial charge in [-0.15, -0.1) is 0 Å². The Kier molecular flexibility index (Phi) is 5.90. The van der Waals surface area contributed by atoms with Crippen LogP contribution in [-0.4, -0.2) is 37.2 Å². The monoisotopic (exact) mass is 318 g/mol. The minimum absolute atomic E-state index is 0.0287. The van der Waals surface area contributed by atoms with Gasteiger partial charge in [0, 0.05) is 19.6 Å². The first-order chi connectivity index (χ1) is 11.0. The first-order valence-electron chi connectivity index (χ1n) is 8.02. The van der Waals surface area contributed by atoms with Crippen molar-refractivity contribution in [1.29, 1.82) is 0 Å². The highest BCUT2D eigenvalue weighted by Crippen LogP contribution is 2.29. The van der Waals surface area contributed by atoms with E-state index >= 15 is 0 Å². The molecule has 1 aliphatic heterocycles. The van der Waals surface area contributed by atoms with Gasteiger partial charge in [-0.2, -0.15) is 0 Å². The number of urea groups is 1. The van der Waals surface area contributed by atoms with E-state index in [2.05, 4.69) is 11.9 Å². The highest BCUT2D eigenvalue weighted by atomic mass is 16.5. The molecule has 0 aliphatic carbocycles. The first kappa shape index (κ1) is 17.2. The maximum absolute atomic E-state index is 12.2. The number of carbonyl (C=O) groups excluding carboxylic acids is 1. The molecule has 0 unspecified atom stereocenters. The molecule has 2 rings (SSSR count). The number of benzene rings is 1. The number of methoxy groups -OCH3 is 1. The number of carbonyl (C=O) groups is 1. The van der Waals surface area contributed by atoms with Crippen molar-refractivity contribution in [3.8, 4) is 11.5 Å². The Morgan fingerprint density at radius 2 is 2.00 bits per heavy atom. The highest BCUT2D eigenvalue weighted by Gasteiger charge is 2.17. The number of nitrogens with zero attached hydrogens (tertiary/aromatic N) is 1. The molecular weight excluding hydrogens is 292 g/mol. The van der Waals surface area contributed by atoms with Crippen LogP contribution >= 0.6 is 0 Å². The third kappa shape index (κ3) is 4.91. The van der Waals surface area contributed by atoms with Gasteiger partial charge in [-0.25, -0.2) is 4.79 Å². The lowest BCUT2D eigenvalue weighted by Crippen LogP contribution is -2.42. The molecule has 1 aromatic rings. The molecule has 2 amide bonds. The Balaban J connectivity index is 1.92. The predicted octanol–water partition coefficient (Wildman–Crippen LogP) is 3.34. The molecule has 5 nitrogen and oxygen atoms in total. The normalized spacial score (nSPS) is 14.8. The molecule has 1 heterocycles. The fraction of sp³-hybridized carbons (Fsp3) is 0.500. The summed E-state index contributed by atoms with van der Waals surface area (Å²) in [4.78, 5) is 14.0. The lowest BCUT2D eigenvalue weighted by molar-refractivity contribution is 0.193. The van der Waals surface area contributed by atoms with Gasteiger partial charge in [0.25, 0.3) is 0 Å². The van der Waals surface area contributed by atoms with Gasteiger partial charge in [0.05, 0.1) is 13.2 Å². The van der Waals surface area contributed by atoms with Crippen LogP contribution in [0.4, 0.5) is 4.79 Å². The van der Waals surface area contributed by atoms with E-state index < -0.39 is 0 Å². The van der Waals surface area contributed by atoms with Crippen LogP contribution in [0.2, 0.25) is 0 Å². The number of piperidine rings is 1. The van der Waals surface area contributed by atoms with E-state index in [1.165, 1.54) is 5.57 Å². The van der Waals surface area contributed by atoms with E-state index in [1.807, 2.05) is 36.9 Å². The van der Waals surface area contributed by atoms with E-state index in [-0.39, 0.29) is 12.1 Å². The largest absolute Gasteiger partial charge is 0.493 e. The molecule has 1 aromatic carbocycles. The smallest absolute Gasteiger partial charge is 0.317 e. The number of rotatable bonds is 5. The zero-order valence-electron chi connectivity index (χ0n) is 14.2. The number of amides is 2. The Bertz CT molecular complexity index is 559. The first-order valence-corrected chi connectivity index (χ1v) is 8.02. The molecule has 1 N–H and O–H groups in total. The van der Waals surface area contributed by atoms with Crippen LogP contribution in [0.1, 0.15) is 32.3 Å². The van der Waals surface area contributed by atoms with E-state index in [0.29, 0.717) is 18.0 Å². The van der Waals surface area contributed by atoms with Crippen LogP contribution in [0.25, 0.3) is 0 Å². The topological polar surface area (TPSA) is 50.8 Å². The van der Waals surface area contributed by atoms with Crippen molar-refractivity contribution in [2.24, 2.45) is 0 Å². The number of nitrogens with one attached hydrogen (secondary N) is 1. The fourth-order valence-electron chi connectivity index (χ4n) is 2.49. The second-order valence-electron chi connectivity index (χ2n) is 6.05. The molecule has 1 fully saturated rings. The molecule has 5 heteroatoms. The number of hydrogen-bond donors (Lipinski definition) is 1. The van der Waals surface area contributed by atoms with Gasteiger partial charge >= 0.3 is 6.03 Å². The molecule has 0 atom stereocenters. The van der Waals surface area contributed by atoms with Gasteiger partial charge < -0.3 is 19.7 Å². The summed E-state index contributed by atoms with van der Waals surface area (Å²) < 4.78 is 11.1. The molecule has 1 saturated heterocycles. The third-order valence-corrected chi connectivity index (χ3v) is 3.79. The number of likely N-dealkylation sites (tertiary alicyclic amines) is 1. The molecular formula is C18H26N2O3. The minimum atomic E-state index is -0.0287. The standard InChI is InChI=1S/C18H26N2O3/c1-13(2)23-16-6-5-15(11-17(16)22-4)12-19-18(21)20-9-7-14(3)8-10-20/h5-6,11,13H,3,7-10,12H2,1-2,4H3,(H,19,21). The van der Waals surface area contributed by atoms with Crippen LogP contribution in [0.3, 0.4) is 0 Å². The molecule has 0 bridgehead atoms. The van der Waals surface area contributed by atoms with Crippen molar-refractivity contribution in [2.45, 2.75) is 39.3 Å². The average Bonchev–Trinajstić information content (AvgIpc) is 2.53. The van der Waals surface area contributed by atoms with Gasteiger partial charge in [-0.1, -0.05) is 18.2 Å². The van der Waals surface area contributed by atoms with Crippen molar-refractivity contribution in [3.63, 3.8) is 0 Å². The van der Waals surface area contributed by atoms with Crippen LogP contribution in [-0.2, 0) is 6.54 Å². The zero-order valence-corrected chi connectivity index (χ0v) is 14.2. The Morgan fingerprint density at radius 3 is 2.61 bits per heavy atom. The summed E-state index contributed by atoms with van der Waals surface area (Å²) >= 11 is 0. The maximum Gasteiger partial charge on any atom is 0.317 e. The molecule has 0 radical (unpaired) electrons. The van der Waals surface area contributed by atoms with Crippen molar-refractivity contribution in [1.82, 2.24) is 10.2 Å². The molecule has 126 valence electrons. The van der Waals surface area contributed by atoms with Crippen LogP contribution in [0.5, 0.6) is 11.5 Å². The minimum Gasteiger partial charge on any atom is -0.493 e. The van der Waals surface area contributed by atoms with Crippen LogP contribution in [0, 0.1) is 0 Å². The second kappa shape index (κ2) is 7.90. The summed E-state index contributed by atoms with van der Waals surface area (Å²) in [5, 5.41) is 2.96. The fourth-order valence-corrected chi connectivity index (χ4v) is 2.49. The molecule has 1 aliphatic rings. The molecule has 0 aromatic heterocycles. The Labute approximate surface area is 138 Å². The lowest BCUT2D eigenvalue weighted by atomic mass is 10.1. The van der Waals surface area contributed by atoms with Crippen molar-refractivity contribution in [3.05, 3.63) is 35.9 Å². The van der Waals surface area contributed by atoms with Gasteiger partial charge in [0.15, 0.2) is 11.5 Å². The van der Waals surface area contributed by atoms with Crippen LogP contribution < -0.4 is 14.8 Å². The van der Waals surface area contributed by atoms with Crippen molar-refractivity contribution < 1.29 is 14.3 Å². The summed E-state index contributed by atoms with van der Waals surface area (Å²) in [7, 11) is 1.62. The lowest BCUT2D eigenvalue weighted by Gasteiger charge is -2.28. The average molecular weight is 318 g/mol. The maximum atomic E-state index is 12.2. The Morgan fingerprint density at radius 1 is 1.30 bits per heavy atom. The number of hydrogen-bond acceptors (Lipinski definition) is 3. The molecule has 0 saturated carbocycles. The van der Waals surface area contributed by atoms with E-state index in [0.717, 1.165) is 31.5 Å². The van der Waals surface area contributed by atoms with Crippen molar-refractivity contribution in [2.75, 3.05) is 20.2 Å².